The Morgan fingerprint density at radius 2 is 1.65 bits per heavy atom. The van der Waals surface area contributed by atoms with Crippen LogP contribution in [0.15, 0.2) is 54.6 Å². The van der Waals surface area contributed by atoms with E-state index in [9.17, 15) is 4.79 Å². The van der Waals surface area contributed by atoms with Gasteiger partial charge in [-0.15, -0.1) is 0 Å². The van der Waals surface area contributed by atoms with Crippen molar-refractivity contribution >= 4 is 6.41 Å². The molecule has 0 radical (unpaired) electrons. The van der Waals surface area contributed by atoms with Crippen molar-refractivity contribution in [2.75, 3.05) is 6.54 Å². The van der Waals surface area contributed by atoms with Gasteiger partial charge < -0.3 is 5.32 Å². The Bertz CT molecular complexity index is 395. The smallest absolute Gasteiger partial charge is 0.207 e. The summed E-state index contributed by atoms with van der Waals surface area (Å²) in [5, 5.41) is 2.59. The van der Waals surface area contributed by atoms with Gasteiger partial charge in [-0.2, -0.15) is 0 Å². The Kier molecular flexibility index (Phi) is 9.91. The molecular formula is C18H25NO. The molecule has 108 valence electrons. The summed E-state index contributed by atoms with van der Waals surface area (Å²) < 4.78 is 0. The van der Waals surface area contributed by atoms with E-state index in [1.165, 1.54) is 37.7 Å². The standard InChI is InChI=1S/C18H25NO/c20-17-19-16-12-7-5-3-1-2-4-6-9-13-18-14-10-8-11-15-18/h3,5,7-8,10-12,14-15,17H,1-2,4,6,9,13,16H2,(H,19,20)/b5-3+,12-7+. The SMILES string of the molecule is O=CNC/C=C/C=C/CCCCCCc1ccccc1. The molecule has 0 aliphatic rings. The summed E-state index contributed by atoms with van der Waals surface area (Å²) in [5.41, 5.74) is 1.45. The van der Waals surface area contributed by atoms with Crippen LogP contribution in [0.5, 0.6) is 0 Å². The van der Waals surface area contributed by atoms with Gasteiger partial charge in [0, 0.05) is 6.54 Å². The molecule has 0 aromatic heterocycles. The van der Waals surface area contributed by atoms with Gasteiger partial charge in [0.2, 0.25) is 6.41 Å². The predicted molar refractivity (Wildman–Crippen MR) is 85.6 cm³/mol. The predicted octanol–water partition coefficient (Wildman–Crippen LogP) is 4.04. The van der Waals surface area contributed by atoms with Gasteiger partial charge in [-0.25, -0.2) is 0 Å². The number of allylic oxidation sites excluding steroid dienone is 3. The van der Waals surface area contributed by atoms with Crippen LogP contribution in [0.25, 0.3) is 0 Å². The molecule has 1 N–H and O–H groups in total. The van der Waals surface area contributed by atoms with Crippen LogP contribution in [-0.4, -0.2) is 13.0 Å². The van der Waals surface area contributed by atoms with Crippen LogP contribution in [0.2, 0.25) is 0 Å². The maximum absolute atomic E-state index is 9.99. The van der Waals surface area contributed by atoms with Crippen molar-refractivity contribution in [2.45, 2.75) is 38.5 Å². The molecular weight excluding hydrogens is 246 g/mol. The molecule has 2 nitrogen and oxygen atoms in total. The average Bonchev–Trinajstić information content (AvgIpc) is 2.49. The van der Waals surface area contributed by atoms with Gasteiger partial charge in [-0.3, -0.25) is 4.79 Å². The van der Waals surface area contributed by atoms with Crippen LogP contribution in [0, 0.1) is 0 Å². The summed E-state index contributed by atoms with van der Waals surface area (Å²) in [7, 11) is 0. The topological polar surface area (TPSA) is 29.1 Å². The Hall–Kier alpha value is -1.83. The highest BCUT2D eigenvalue weighted by molar-refractivity contribution is 5.46. The third kappa shape index (κ3) is 9.15. The minimum atomic E-state index is 0.604. The number of hydrogen-bond donors (Lipinski definition) is 1. The van der Waals surface area contributed by atoms with E-state index in [0.717, 1.165) is 6.42 Å². The van der Waals surface area contributed by atoms with Crippen molar-refractivity contribution in [3.63, 3.8) is 0 Å². The molecule has 0 fully saturated rings. The second-order valence-corrected chi connectivity index (χ2v) is 4.82. The Morgan fingerprint density at radius 1 is 0.900 bits per heavy atom. The van der Waals surface area contributed by atoms with Crippen LogP contribution in [-0.2, 0) is 11.2 Å². The number of unbranched alkanes of at least 4 members (excludes halogenated alkanes) is 4. The molecule has 0 saturated carbocycles. The molecule has 2 heteroatoms. The second kappa shape index (κ2) is 12.2. The number of aryl methyl sites for hydroxylation is 1. The molecule has 0 aliphatic heterocycles. The molecule has 0 unspecified atom stereocenters. The van der Waals surface area contributed by atoms with Crippen molar-refractivity contribution in [1.29, 1.82) is 0 Å². The van der Waals surface area contributed by atoms with E-state index in [1.807, 2.05) is 12.2 Å². The summed E-state index contributed by atoms with van der Waals surface area (Å²) >= 11 is 0. The zero-order valence-corrected chi connectivity index (χ0v) is 12.1. The van der Waals surface area contributed by atoms with Crippen LogP contribution in [0.1, 0.15) is 37.7 Å². The Balaban J connectivity index is 1.91. The van der Waals surface area contributed by atoms with Crippen molar-refractivity contribution in [1.82, 2.24) is 5.32 Å². The second-order valence-electron chi connectivity index (χ2n) is 4.82. The first kappa shape index (κ1) is 16.2. The minimum absolute atomic E-state index is 0.604. The maximum Gasteiger partial charge on any atom is 0.207 e. The summed E-state index contributed by atoms with van der Waals surface area (Å²) in [6, 6.07) is 10.7. The average molecular weight is 271 g/mol. The molecule has 1 rings (SSSR count). The first-order valence-electron chi connectivity index (χ1n) is 7.46. The minimum Gasteiger partial charge on any atom is -0.355 e. The van der Waals surface area contributed by atoms with Crippen molar-refractivity contribution in [3.8, 4) is 0 Å². The highest BCUT2D eigenvalue weighted by Gasteiger charge is 1.92. The fraction of sp³-hybridized carbons (Fsp3) is 0.389. The Labute approximate surface area is 122 Å². The van der Waals surface area contributed by atoms with E-state index in [-0.39, 0.29) is 0 Å². The van der Waals surface area contributed by atoms with Crippen LogP contribution >= 0.6 is 0 Å². The first-order valence-corrected chi connectivity index (χ1v) is 7.46. The van der Waals surface area contributed by atoms with Gasteiger partial charge in [0.15, 0.2) is 0 Å². The van der Waals surface area contributed by atoms with E-state index in [2.05, 4.69) is 47.8 Å². The van der Waals surface area contributed by atoms with E-state index >= 15 is 0 Å². The molecule has 1 aromatic carbocycles. The number of rotatable bonds is 11. The van der Waals surface area contributed by atoms with Gasteiger partial charge in [0.25, 0.3) is 0 Å². The Morgan fingerprint density at radius 3 is 2.45 bits per heavy atom. The highest BCUT2D eigenvalue weighted by Crippen LogP contribution is 2.08. The molecule has 0 aliphatic carbocycles. The van der Waals surface area contributed by atoms with Crippen LogP contribution in [0.3, 0.4) is 0 Å². The number of amides is 1. The van der Waals surface area contributed by atoms with Crippen molar-refractivity contribution in [2.24, 2.45) is 0 Å². The van der Waals surface area contributed by atoms with E-state index in [1.54, 1.807) is 0 Å². The fourth-order valence-electron chi connectivity index (χ4n) is 2.03. The zero-order valence-electron chi connectivity index (χ0n) is 12.1. The molecule has 0 heterocycles. The lowest BCUT2D eigenvalue weighted by Crippen LogP contribution is -2.08. The lowest BCUT2D eigenvalue weighted by Gasteiger charge is -2.00. The number of benzene rings is 1. The van der Waals surface area contributed by atoms with E-state index in [4.69, 9.17) is 0 Å². The summed E-state index contributed by atoms with van der Waals surface area (Å²) in [5.74, 6) is 0. The zero-order chi connectivity index (χ0) is 14.3. The third-order valence-corrected chi connectivity index (χ3v) is 3.13. The summed E-state index contributed by atoms with van der Waals surface area (Å²) in [4.78, 5) is 9.99. The number of carbonyl (C=O) groups excluding carboxylic acids is 1. The lowest BCUT2D eigenvalue weighted by atomic mass is 10.1. The van der Waals surface area contributed by atoms with Crippen LogP contribution < -0.4 is 5.32 Å². The molecule has 1 aromatic rings. The summed E-state index contributed by atoms with van der Waals surface area (Å²) in [6.45, 7) is 0.604. The first-order chi connectivity index (χ1) is 9.93. The van der Waals surface area contributed by atoms with Gasteiger partial charge in [-0.05, 0) is 31.2 Å². The third-order valence-electron chi connectivity index (χ3n) is 3.13. The van der Waals surface area contributed by atoms with Crippen molar-refractivity contribution in [3.05, 3.63) is 60.2 Å². The maximum atomic E-state index is 9.99. The lowest BCUT2D eigenvalue weighted by molar-refractivity contribution is -0.109. The largest absolute Gasteiger partial charge is 0.355 e. The van der Waals surface area contributed by atoms with E-state index in [0.29, 0.717) is 13.0 Å². The molecule has 0 bridgehead atoms. The monoisotopic (exact) mass is 271 g/mol. The quantitative estimate of drug-likeness (QED) is 0.367. The molecule has 0 spiro atoms. The molecule has 0 saturated heterocycles. The highest BCUT2D eigenvalue weighted by atomic mass is 16.1. The van der Waals surface area contributed by atoms with Gasteiger partial charge in [-0.1, -0.05) is 67.5 Å². The number of hydrogen-bond acceptors (Lipinski definition) is 1. The van der Waals surface area contributed by atoms with Crippen LogP contribution in [0.4, 0.5) is 0 Å². The summed E-state index contributed by atoms with van der Waals surface area (Å²) in [6.07, 6.45) is 16.3. The molecule has 0 atom stereocenters. The van der Waals surface area contributed by atoms with Gasteiger partial charge in [0.1, 0.15) is 0 Å². The van der Waals surface area contributed by atoms with Gasteiger partial charge >= 0.3 is 0 Å². The number of nitrogens with one attached hydrogen (secondary N) is 1. The number of carbonyl (C=O) groups is 1. The molecule has 1 amide bonds. The normalized spacial score (nSPS) is 11.2. The molecule has 20 heavy (non-hydrogen) atoms. The van der Waals surface area contributed by atoms with E-state index < -0.39 is 0 Å². The fourth-order valence-corrected chi connectivity index (χ4v) is 2.03. The van der Waals surface area contributed by atoms with Gasteiger partial charge in [0.05, 0.1) is 0 Å². The van der Waals surface area contributed by atoms with Crippen molar-refractivity contribution < 1.29 is 4.79 Å².